The molecule has 3 nitrogen and oxygen atoms in total. The van der Waals surface area contributed by atoms with Crippen LogP contribution in [0, 0.1) is 5.92 Å². The first-order valence-electron chi connectivity index (χ1n) is 3.87. The van der Waals surface area contributed by atoms with Crippen molar-refractivity contribution < 1.29 is 14.3 Å². The van der Waals surface area contributed by atoms with Crippen LogP contribution in [0.2, 0.25) is 0 Å². The van der Waals surface area contributed by atoms with Gasteiger partial charge in [0.15, 0.2) is 0 Å². The second kappa shape index (κ2) is 4.14. The summed E-state index contributed by atoms with van der Waals surface area (Å²) >= 11 is 0. The predicted octanol–water partition coefficient (Wildman–Crippen LogP) is 2.37. The fourth-order valence-corrected chi connectivity index (χ4v) is 0.616. The molecule has 0 amide bonds. The summed E-state index contributed by atoms with van der Waals surface area (Å²) in [6.07, 6.45) is 0.931. The minimum Gasteiger partial charge on any atom is -0.438 e. The SMILES string of the molecule is C=C[C@@](C)(OC(=O)OC)C(C)C. The first-order valence-corrected chi connectivity index (χ1v) is 3.87. The molecule has 0 aromatic carbocycles. The molecule has 0 aliphatic rings. The zero-order chi connectivity index (χ0) is 9.78. The van der Waals surface area contributed by atoms with Gasteiger partial charge in [-0.1, -0.05) is 20.4 Å². The van der Waals surface area contributed by atoms with Gasteiger partial charge in [-0.3, -0.25) is 0 Å². The summed E-state index contributed by atoms with van der Waals surface area (Å²) in [7, 11) is 1.28. The zero-order valence-corrected chi connectivity index (χ0v) is 8.09. The molecule has 70 valence electrons. The second-order valence-electron chi connectivity index (χ2n) is 3.10. The summed E-state index contributed by atoms with van der Waals surface area (Å²) in [6.45, 7) is 9.30. The van der Waals surface area contributed by atoms with Gasteiger partial charge in [-0.25, -0.2) is 4.79 Å². The van der Waals surface area contributed by atoms with E-state index in [1.54, 1.807) is 13.0 Å². The normalized spacial score (nSPS) is 15.1. The first kappa shape index (κ1) is 11.0. The number of carbonyl (C=O) groups excluding carboxylic acids is 1. The Balaban J connectivity index is 4.34. The van der Waals surface area contributed by atoms with Crippen LogP contribution in [0.15, 0.2) is 12.7 Å². The van der Waals surface area contributed by atoms with Crippen LogP contribution in [-0.4, -0.2) is 18.9 Å². The third kappa shape index (κ3) is 2.57. The summed E-state index contributed by atoms with van der Waals surface area (Å²) in [4.78, 5) is 10.8. The molecule has 0 saturated heterocycles. The van der Waals surface area contributed by atoms with E-state index in [-0.39, 0.29) is 5.92 Å². The molecular formula is C9H16O3. The predicted molar refractivity (Wildman–Crippen MR) is 46.9 cm³/mol. The lowest BCUT2D eigenvalue weighted by Gasteiger charge is -2.28. The molecule has 12 heavy (non-hydrogen) atoms. The molecule has 0 heterocycles. The number of rotatable bonds is 3. The molecule has 0 spiro atoms. The standard InChI is InChI=1S/C9H16O3/c1-6-9(4,7(2)3)12-8(10)11-5/h6-7H,1H2,2-5H3/t9-/m1/s1. The monoisotopic (exact) mass is 172 g/mol. The lowest BCUT2D eigenvalue weighted by atomic mass is 9.93. The number of methoxy groups -OCH3 is 1. The summed E-state index contributed by atoms with van der Waals surface area (Å²) in [6, 6.07) is 0. The van der Waals surface area contributed by atoms with Crippen molar-refractivity contribution >= 4 is 6.16 Å². The van der Waals surface area contributed by atoms with E-state index < -0.39 is 11.8 Å². The highest BCUT2D eigenvalue weighted by atomic mass is 16.7. The summed E-state index contributed by atoms with van der Waals surface area (Å²) in [5.74, 6) is 0.175. The fourth-order valence-electron chi connectivity index (χ4n) is 0.616. The molecule has 0 radical (unpaired) electrons. The number of ether oxygens (including phenoxy) is 2. The van der Waals surface area contributed by atoms with Crippen LogP contribution < -0.4 is 0 Å². The quantitative estimate of drug-likeness (QED) is 0.484. The molecule has 0 bridgehead atoms. The first-order chi connectivity index (χ1) is 5.46. The Hall–Kier alpha value is -0.990. The van der Waals surface area contributed by atoms with Crippen molar-refractivity contribution in [2.75, 3.05) is 7.11 Å². The van der Waals surface area contributed by atoms with Crippen molar-refractivity contribution in [1.29, 1.82) is 0 Å². The van der Waals surface area contributed by atoms with Crippen molar-refractivity contribution in [2.45, 2.75) is 26.4 Å². The third-order valence-electron chi connectivity index (χ3n) is 2.02. The molecule has 0 unspecified atom stereocenters. The molecule has 0 N–H and O–H groups in total. The highest BCUT2D eigenvalue weighted by molar-refractivity contribution is 5.60. The molecule has 0 aliphatic carbocycles. The second-order valence-corrected chi connectivity index (χ2v) is 3.10. The van der Waals surface area contributed by atoms with Gasteiger partial charge in [-0.05, 0) is 18.9 Å². The van der Waals surface area contributed by atoms with Crippen molar-refractivity contribution in [1.82, 2.24) is 0 Å². The minimum atomic E-state index is -0.675. The fraction of sp³-hybridized carbons (Fsp3) is 0.667. The van der Waals surface area contributed by atoms with Gasteiger partial charge in [0.1, 0.15) is 5.60 Å². The number of hydrogen-bond acceptors (Lipinski definition) is 3. The van der Waals surface area contributed by atoms with Crippen molar-refractivity contribution in [3.63, 3.8) is 0 Å². The molecule has 1 atom stereocenters. The molecular weight excluding hydrogens is 156 g/mol. The average Bonchev–Trinajstić information content (AvgIpc) is 2.03. The van der Waals surface area contributed by atoms with Crippen LogP contribution in [0.25, 0.3) is 0 Å². The topological polar surface area (TPSA) is 35.5 Å². The minimum absolute atomic E-state index is 0.175. The van der Waals surface area contributed by atoms with Gasteiger partial charge in [0.25, 0.3) is 0 Å². The van der Waals surface area contributed by atoms with E-state index in [4.69, 9.17) is 4.74 Å². The molecule has 0 aliphatic heterocycles. The van der Waals surface area contributed by atoms with Gasteiger partial charge in [-0.2, -0.15) is 0 Å². The molecule has 0 saturated carbocycles. The van der Waals surface area contributed by atoms with Crippen LogP contribution in [-0.2, 0) is 9.47 Å². The Morgan fingerprint density at radius 1 is 1.58 bits per heavy atom. The van der Waals surface area contributed by atoms with Crippen LogP contribution in [0.5, 0.6) is 0 Å². The van der Waals surface area contributed by atoms with Crippen molar-refractivity contribution in [2.24, 2.45) is 5.92 Å². The summed E-state index contributed by atoms with van der Waals surface area (Å²) in [5.41, 5.74) is -0.646. The Kier molecular flexibility index (Phi) is 3.80. The molecule has 0 fully saturated rings. The van der Waals surface area contributed by atoms with Crippen molar-refractivity contribution in [3.8, 4) is 0 Å². The van der Waals surface area contributed by atoms with Crippen LogP contribution >= 0.6 is 0 Å². The van der Waals surface area contributed by atoms with E-state index in [9.17, 15) is 4.79 Å². The zero-order valence-electron chi connectivity index (χ0n) is 8.09. The van der Waals surface area contributed by atoms with Crippen LogP contribution in [0.1, 0.15) is 20.8 Å². The Morgan fingerprint density at radius 2 is 2.08 bits per heavy atom. The van der Waals surface area contributed by atoms with Gasteiger partial charge in [0.2, 0.25) is 0 Å². The van der Waals surface area contributed by atoms with E-state index in [2.05, 4.69) is 11.3 Å². The van der Waals surface area contributed by atoms with E-state index >= 15 is 0 Å². The highest BCUT2D eigenvalue weighted by Crippen LogP contribution is 2.22. The Bertz CT molecular complexity index is 175. The van der Waals surface area contributed by atoms with Gasteiger partial charge in [0.05, 0.1) is 7.11 Å². The summed E-state index contributed by atoms with van der Waals surface area (Å²) in [5, 5.41) is 0. The molecule has 0 aromatic rings. The van der Waals surface area contributed by atoms with E-state index in [1.807, 2.05) is 13.8 Å². The van der Waals surface area contributed by atoms with Gasteiger partial charge in [-0.15, -0.1) is 0 Å². The lowest BCUT2D eigenvalue weighted by molar-refractivity contribution is -0.0140. The highest BCUT2D eigenvalue weighted by Gasteiger charge is 2.29. The van der Waals surface area contributed by atoms with E-state index in [0.29, 0.717) is 0 Å². The maximum atomic E-state index is 10.8. The Labute approximate surface area is 73.4 Å². The Morgan fingerprint density at radius 3 is 2.33 bits per heavy atom. The smallest absolute Gasteiger partial charge is 0.438 e. The molecule has 3 heteroatoms. The van der Waals surface area contributed by atoms with Crippen LogP contribution in [0.4, 0.5) is 4.79 Å². The largest absolute Gasteiger partial charge is 0.508 e. The van der Waals surface area contributed by atoms with Crippen LogP contribution in [0.3, 0.4) is 0 Å². The lowest BCUT2D eigenvalue weighted by Crippen LogP contribution is -2.34. The molecule has 0 rings (SSSR count). The average molecular weight is 172 g/mol. The van der Waals surface area contributed by atoms with Gasteiger partial charge < -0.3 is 9.47 Å². The van der Waals surface area contributed by atoms with Gasteiger partial charge in [0, 0.05) is 0 Å². The van der Waals surface area contributed by atoms with E-state index in [0.717, 1.165) is 0 Å². The number of carbonyl (C=O) groups is 1. The summed E-state index contributed by atoms with van der Waals surface area (Å²) < 4.78 is 9.41. The maximum Gasteiger partial charge on any atom is 0.508 e. The van der Waals surface area contributed by atoms with E-state index in [1.165, 1.54) is 7.11 Å². The van der Waals surface area contributed by atoms with Gasteiger partial charge >= 0.3 is 6.16 Å². The molecule has 0 aromatic heterocycles. The maximum absolute atomic E-state index is 10.8. The number of hydrogen-bond donors (Lipinski definition) is 0. The third-order valence-corrected chi connectivity index (χ3v) is 2.02. The van der Waals surface area contributed by atoms with Crippen molar-refractivity contribution in [3.05, 3.63) is 12.7 Å².